The molecule has 0 spiro atoms. The number of unbranched alkanes of at least 4 members (excludes halogenated alkanes) is 2. The van der Waals surface area contributed by atoms with Gasteiger partial charge in [-0.2, -0.15) is 0 Å². The van der Waals surface area contributed by atoms with Gasteiger partial charge in [0.2, 0.25) is 0 Å². The largest absolute Gasteiger partial charge is 0.330 e. The first-order valence-electron chi connectivity index (χ1n) is 5.34. The van der Waals surface area contributed by atoms with Gasteiger partial charge in [0.05, 0.1) is 16.3 Å². The Balaban J connectivity index is 2.45. The third-order valence-corrected chi connectivity index (χ3v) is 2.80. The van der Waals surface area contributed by atoms with Crippen LogP contribution in [0.2, 0.25) is 0 Å². The van der Waals surface area contributed by atoms with E-state index in [4.69, 9.17) is 11.5 Å². The number of hydrogen-bond donors (Lipinski definition) is 2. The second-order valence-corrected chi connectivity index (χ2v) is 4.30. The van der Waals surface area contributed by atoms with E-state index in [0.717, 1.165) is 35.6 Å². The lowest BCUT2D eigenvalue weighted by atomic mass is 10.2. The van der Waals surface area contributed by atoms with Crippen molar-refractivity contribution < 1.29 is 0 Å². The minimum atomic E-state index is 0.401. The molecule has 1 aromatic heterocycles. The molecule has 0 atom stereocenters. The van der Waals surface area contributed by atoms with Crippen LogP contribution in [-0.2, 0) is 0 Å². The van der Waals surface area contributed by atoms with Crippen molar-refractivity contribution in [1.29, 1.82) is 0 Å². The first kappa shape index (κ1) is 12.8. The van der Waals surface area contributed by atoms with Crippen molar-refractivity contribution >= 4 is 11.3 Å². The minimum Gasteiger partial charge on any atom is -0.330 e. The van der Waals surface area contributed by atoms with Gasteiger partial charge in [-0.1, -0.05) is 23.7 Å². The number of hydrogen-bond acceptors (Lipinski definition) is 3. The summed E-state index contributed by atoms with van der Waals surface area (Å²) in [6.07, 6.45) is 3.04. The Kier molecular flexibility index (Phi) is 6.37. The van der Waals surface area contributed by atoms with Crippen molar-refractivity contribution in [3.63, 3.8) is 0 Å². The van der Waals surface area contributed by atoms with E-state index in [1.165, 1.54) is 0 Å². The monoisotopic (exact) mass is 232 g/mol. The molecular formula is C13H16N2S. The van der Waals surface area contributed by atoms with Crippen LogP contribution in [0, 0.1) is 23.7 Å². The van der Waals surface area contributed by atoms with E-state index >= 15 is 0 Å². The summed E-state index contributed by atoms with van der Waals surface area (Å²) in [5, 5.41) is 0. The van der Waals surface area contributed by atoms with Crippen molar-refractivity contribution in [3.05, 3.63) is 21.9 Å². The highest BCUT2D eigenvalue weighted by Crippen LogP contribution is 2.13. The zero-order valence-corrected chi connectivity index (χ0v) is 10.1. The Morgan fingerprint density at radius 3 is 2.31 bits per heavy atom. The smallest absolute Gasteiger partial charge is 0.0782 e. The molecule has 0 aromatic carbocycles. The fraction of sp³-hybridized carbons (Fsp3) is 0.385. The van der Waals surface area contributed by atoms with Gasteiger partial charge in [-0.15, -0.1) is 11.3 Å². The molecule has 2 nitrogen and oxygen atoms in total. The first-order valence-corrected chi connectivity index (χ1v) is 6.16. The zero-order chi connectivity index (χ0) is 11.6. The van der Waals surface area contributed by atoms with Gasteiger partial charge >= 0.3 is 0 Å². The maximum atomic E-state index is 5.40. The maximum absolute atomic E-state index is 5.40. The van der Waals surface area contributed by atoms with Crippen LogP contribution in [0.15, 0.2) is 12.1 Å². The highest BCUT2D eigenvalue weighted by Gasteiger charge is 1.92. The summed E-state index contributed by atoms with van der Waals surface area (Å²) in [6.45, 7) is 1.15. The second-order valence-electron chi connectivity index (χ2n) is 3.22. The van der Waals surface area contributed by atoms with Crippen molar-refractivity contribution in [2.75, 3.05) is 13.1 Å². The van der Waals surface area contributed by atoms with Gasteiger partial charge in [-0.05, 0) is 31.5 Å². The molecule has 0 aliphatic rings. The highest BCUT2D eigenvalue weighted by molar-refractivity contribution is 7.13. The average Bonchev–Trinajstić information content (AvgIpc) is 2.74. The van der Waals surface area contributed by atoms with E-state index in [2.05, 4.69) is 23.7 Å². The first-order chi connectivity index (χ1) is 7.86. The molecule has 84 valence electrons. The fourth-order valence-electron chi connectivity index (χ4n) is 1.12. The van der Waals surface area contributed by atoms with Crippen LogP contribution in [0.3, 0.4) is 0 Å². The normalized spacial score (nSPS) is 8.88. The van der Waals surface area contributed by atoms with Gasteiger partial charge in [0.1, 0.15) is 0 Å². The zero-order valence-electron chi connectivity index (χ0n) is 9.25. The van der Waals surface area contributed by atoms with Crippen molar-refractivity contribution in [2.45, 2.75) is 19.3 Å². The van der Waals surface area contributed by atoms with Crippen LogP contribution >= 0.6 is 11.3 Å². The average molecular weight is 232 g/mol. The predicted molar refractivity (Wildman–Crippen MR) is 70.0 cm³/mol. The third kappa shape index (κ3) is 5.00. The lowest BCUT2D eigenvalue weighted by molar-refractivity contribution is 0.768. The van der Waals surface area contributed by atoms with Gasteiger partial charge in [-0.3, -0.25) is 0 Å². The van der Waals surface area contributed by atoms with Crippen molar-refractivity contribution in [1.82, 2.24) is 0 Å². The number of thiophene rings is 1. The van der Waals surface area contributed by atoms with Crippen molar-refractivity contribution in [3.8, 4) is 23.7 Å². The Bertz CT molecular complexity index is 426. The molecule has 1 rings (SSSR count). The molecular weight excluding hydrogens is 216 g/mol. The molecule has 0 bridgehead atoms. The SMILES string of the molecule is NCC#Cc1ccc(C#CCCCCN)s1. The molecule has 1 heterocycles. The van der Waals surface area contributed by atoms with Gasteiger partial charge in [0.25, 0.3) is 0 Å². The second kappa shape index (κ2) is 7.96. The molecule has 1 aromatic rings. The molecule has 0 aliphatic heterocycles. The maximum Gasteiger partial charge on any atom is 0.0782 e. The summed E-state index contributed by atoms with van der Waals surface area (Å²) in [5.41, 5.74) is 10.7. The van der Waals surface area contributed by atoms with Crippen LogP contribution in [-0.4, -0.2) is 13.1 Å². The van der Waals surface area contributed by atoms with Crippen molar-refractivity contribution in [2.24, 2.45) is 11.5 Å². The summed E-state index contributed by atoms with van der Waals surface area (Å²) in [4.78, 5) is 2.09. The molecule has 0 saturated carbocycles. The Morgan fingerprint density at radius 1 is 1.00 bits per heavy atom. The van der Waals surface area contributed by atoms with E-state index in [-0.39, 0.29) is 0 Å². The van der Waals surface area contributed by atoms with Crippen LogP contribution < -0.4 is 11.5 Å². The molecule has 3 heteroatoms. The minimum absolute atomic E-state index is 0.401. The topological polar surface area (TPSA) is 52.0 Å². The molecule has 0 amide bonds. The summed E-state index contributed by atoms with van der Waals surface area (Å²) in [7, 11) is 0. The van der Waals surface area contributed by atoms with Gasteiger partial charge < -0.3 is 11.5 Å². The third-order valence-electron chi connectivity index (χ3n) is 1.89. The van der Waals surface area contributed by atoms with E-state index < -0.39 is 0 Å². The van der Waals surface area contributed by atoms with Crippen LogP contribution in [0.25, 0.3) is 0 Å². The summed E-state index contributed by atoms with van der Waals surface area (Å²) < 4.78 is 0. The summed E-state index contributed by atoms with van der Waals surface area (Å²) in [6, 6.07) is 3.98. The van der Waals surface area contributed by atoms with Crippen LogP contribution in [0.5, 0.6) is 0 Å². The lowest BCUT2D eigenvalue weighted by Gasteiger charge is -1.88. The fourth-order valence-corrected chi connectivity index (χ4v) is 1.87. The Hall–Kier alpha value is -1.26. The summed E-state index contributed by atoms with van der Waals surface area (Å²) >= 11 is 1.61. The van der Waals surface area contributed by atoms with E-state index in [1.807, 2.05) is 12.1 Å². The highest BCUT2D eigenvalue weighted by atomic mass is 32.1. The quantitative estimate of drug-likeness (QED) is 0.613. The van der Waals surface area contributed by atoms with Crippen LogP contribution in [0.1, 0.15) is 29.0 Å². The van der Waals surface area contributed by atoms with Gasteiger partial charge in [0.15, 0.2) is 0 Å². The van der Waals surface area contributed by atoms with E-state index in [0.29, 0.717) is 6.54 Å². The summed E-state index contributed by atoms with van der Waals surface area (Å²) in [5.74, 6) is 12.1. The van der Waals surface area contributed by atoms with Crippen LogP contribution in [0.4, 0.5) is 0 Å². The molecule has 0 unspecified atom stereocenters. The Morgan fingerprint density at radius 2 is 1.69 bits per heavy atom. The molecule has 0 radical (unpaired) electrons. The Labute approximate surface area is 101 Å². The molecule has 0 fully saturated rings. The van der Waals surface area contributed by atoms with E-state index in [1.54, 1.807) is 11.3 Å². The number of rotatable bonds is 3. The lowest BCUT2D eigenvalue weighted by Crippen LogP contribution is -1.96. The molecule has 4 N–H and O–H groups in total. The molecule has 0 aliphatic carbocycles. The standard InChI is InChI=1S/C13H16N2S/c14-10-4-2-1-3-6-12-8-9-13(16-12)7-5-11-15/h8-9H,1-2,4,10-11,14-15H2. The predicted octanol–water partition coefficient (Wildman–Crippen LogP) is 1.54. The molecule has 0 saturated heterocycles. The van der Waals surface area contributed by atoms with Gasteiger partial charge in [-0.25, -0.2) is 0 Å². The van der Waals surface area contributed by atoms with Gasteiger partial charge in [0, 0.05) is 6.42 Å². The van der Waals surface area contributed by atoms with E-state index in [9.17, 15) is 0 Å². The molecule has 16 heavy (non-hydrogen) atoms. The number of nitrogens with two attached hydrogens (primary N) is 2.